The molecule has 3 aromatic rings. The minimum atomic E-state index is -0.454. The van der Waals surface area contributed by atoms with Crippen LogP contribution in [0, 0.1) is 0 Å². The Kier molecular flexibility index (Phi) is 4.14. The molecule has 0 saturated heterocycles. The summed E-state index contributed by atoms with van der Waals surface area (Å²) in [5.74, 6) is 1.46. The molecule has 2 N–H and O–H groups in total. The third kappa shape index (κ3) is 2.85. The zero-order valence-corrected chi connectivity index (χ0v) is 13.6. The van der Waals surface area contributed by atoms with Gasteiger partial charge in [-0.25, -0.2) is 0 Å². The van der Waals surface area contributed by atoms with Crippen LogP contribution in [0.25, 0.3) is 22.9 Å². The van der Waals surface area contributed by atoms with Crippen molar-refractivity contribution in [3.63, 3.8) is 0 Å². The average Bonchev–Trinajstić information content (AvgIpc) is 3.14. The first kappa shape index (κ1) is 16.0. The lowest BCUT2D eigenvalue weighted by atomic mass is 9.77. The van der Waals surface area contributed by atoms with Gasteiger partial charge in [-0.2, -0.15) is 4.98 Å². The zero-order chi connectivity index (χ0) is 15.2. The second-order valence-corrected chi connectivity index (χ2v) is 5.95. The molecule has 1 fully saturated rings. The molecule has 0 unspecified atom stereocenters. The molecule has 6 nitrogen and oxygen atoms in total. The Bertz CT molecular complexity index is 809. The monoisotopic (exact) mass is 352 g/mol. The van der Waals surface area contributed by atoms with E-state index in [2.05, 4.69) is 15.3 Å². The Morgan fingerprint density at radius 1 is 1.09 bits per heavy atom. The minimum Gasteiger partial charge on any atom is -0.355 e. The van der Waals surface area contributed by atoms with Crippen molar-refractivity contribution in [2.24, 2.45) is 5.73 Å². The molecule has 4 rings (SSSR count). The Labute approximate surface area is 143 Å². The first-order valence-electron chi connectivity index (χ1n) is 7.00. The summed E-state index contributed by atoms with van der Waals surface area (Å²) >= 11 is 5.87. The van der Waals surface area contributed by atoms with Gasteiger partial charge in [0.15, 0.2) is 17.3 Å². The van der Waals surface area contributed by atoms with E-state index in [4.69, 9.17) is 26.4 Å². The molecular weight excluding hydrogens is 339 g/mol. The Morgan fingerprint density at radius 2 is 1.83 bits per heavy atom. The van der Waals surface area contributed by atoms with Crippen molar-refractivity contribution in [2.45, 2.75) is 24.8 Å². The van der Waals surface area contributed by atoms with E-state index in [0.29, 0.717) is 28.2 Å². The van der Waals surface area contributed by atoms with Crippen LogP contribution < -0.4 is 5.73 Å². The highest BCUT2D eigenvalue weighted by molar-refractivity contribution is 6.30. The molecule has 0 amide bonds. The van der Waals surface area contributed by atoms with E-state index in [1.165, 1.54) is 0 Å². The normalized spacial score (nSPS) is 15.7. The van der Waals surface area contributed by atoms with Gasteiger partial charge in [0.25, 0.3) is 5.89 Å². The minimum absolute atomic E-state index is 0. The summed E-state index contributed by atoms with van der Waals surface area (Å²) in [6.45, 7) is 0. The molecule has 1 aliphatic carbocycles. The quantitative estimate of drug-likeness (QED) is 0.770. The molecule has 23 heavy (non-hydrogen) atoms. The molecule has 0 spiro atoms. The van der Waals surface area contributed by atoms with Crippen molar-refractivity contribution in [3.8, 4) is 22.9 Å². The maximum absolute atomic E-state index is 6.18. The topological polar surface area (TPSA) is 91.0 Å². The smallest absolute Gasteiger partial charge is 0.280 e. The molecule has 2 aromatic heterocycles. The summed E-state index contributed by atoms with van der Waals surface area (Å²) in [6, 6.07) is 9.05. The van der Waals surface area contributed by atoms with Crippen LogP contribution in [0.15, 0.2) is 39.4 Å². The second-order valence-electron chi connectivity index (χ2n) is 5.52. The van der Waals surface area contributed by atoms with Crippen molar-refractivity contribution < 1.29 is 9.05 Å². The first-order valence-corrected chi connectivity index (χ1v) is 7.38. The third-order valence-corrected chi connectivity index (χ3v) is 4.23. The predicted octanol–water partition coefficient (Wildman–Crippen LogP) is 3.80. The number of hydrogen-bond acceptors (Lipinski definition) is 6. The van der Waals surface area contributed by atoms with Crippen LogP contribution in [0.2, 0.25) is 5.02 Å². The van der Waals surface area contributed by atoms with Crippen LogP contribution in [-0.4, -0.2) is 15.3 Å². The van der Waals surface area contributed by atoms with Gasteiger partial charge in [0.05, 0.1) is 5.54 Å². The maximum Gasteiger partial charge on any atom is 0.280 e. The lowest BCUT2D eigenvalue weighted by Crippen LogP contribution is -2.44. The molecule has 0 atom stereocenters. The zero-order valence-electron chi connectivity index (χ0n) is 12.0. The molecule has 2 heterocycles. The number of nitrogens with two attached hydrogens (primary N) is 1. The number of nitrogens with zero attached hydrogens (tertiary/aromatic N) is 3. The summed E-state index contributed by atoms with van der Waals surface area (Å²) in [6.07, 6.45) is 2.84. The first-order chi connectivity index (χ1) is 10.6. The van der Waals surface area contributed by atoms with Gasteiger partial charge >= 0.3 is 0 Å². The Morgan fingerprint density at radius 3 is 2.48 bits per heavy atom. The van der Waals surface area contributed by atoms with Crippen LogP contribution in [0.5, 0.6) is 0 Å². The summed E-state index contributed by atoms with van der Waals surface area (Å²) in [7, 11) is 0. The van der Waals surface area contributed by atoms with Gasteiger partial charge < -0.3 is 14.8 Å². The highest BCUT2D eigenvalue weighted by atomic mass is 35.5. The van der Waals surface area contributed by atoms with E-state index in [1.807, 2.05) is 12.1 Å². The maximum atomic E-state index is 6.18. The van der Waals surface area contributed by atoms with E-state index in [1.54, 1.807) is 18.2 Å². The fourth-order valence-electron chi connectivity index (χ4n) is 2.44. The third-order valence-electron chi connectivity index (χ3n) is 3.98. The van der Waals surface area contributed by atoms with Crippen LogP contribution in [0.1, 0.15) is 25.1 Å². The van der Waals surface area contributed by atoms with E-state index in [-0.39, 0.29) is 12.4 Å². The van der Waals surface area contributed by atoms with E-state index in [0.717, 1.165) is 24.8 Å². The van der Waals surface area contributed by atoms with Gasteiger partial charge in [0.2, 0.25) is 0 Å². The van der Waals surface area contributed by atoms with Gasteiger partial charge in [-0.3, -0.25) is 0 Å². The molecular formula is C15H14Cl2N4O2. The van der Waals surface area contributed by atoms with E-state index < -0.39 is 5.54 Å². The highest BCUT2D eigenvalue weighted by Crippen LogP contribution is 2.37. The number of aromatic nitrogens is 3. The molecule has 8 heteroatoms. The SMILES string of the molecule is Cl.NC1(c2noc(-c3cc(-c4ccc(Cl)cc4)on3)n2)CCC1. The molecule has 0 radical (unpaired) electrons. The summed E-state index contributed by atoms with van der Waals surface area (Å²) in [4.78, 5) is 4.35. The number of hydrogen-bond donors (Lipinski definition) is 1. The Balaban J connectivity index is 0.00000156. The van der Waals surface area contributed by atoms with Crippen molar-refractivity contribution in [2.75, 3.05) is 0 Å². The van der Waals surface area contributed by atoms with Crippen molar-refractivity contribution in [3.05, 3.63) is 41.2 Å². The molecule has 120 valence electrons. The largest absolute Gasteiger partial charge is 0.355 e. The molecule has 1 aliphatic rings. The van der Waals surface area contributed by atoms with Gasteiger partial charge in [0.1, 0.15) is 0 Å². The summed E-state index contributed by atoms with van der Waals surface area (Å²) < 4.78 is 10.6. The molecule has 0 bridgehead atoms. The fourth-order valence-corrected chi connectivity index (χ4v) is 2.56. The summed E-state index contributed by atoms with van der Waals surface area (Å²) in [5, 5.41) is 8.61. The molecule has 1 saturated carbocycles. The van der Waals surface area contributed by atoms with E-state index in [9.17, 15) is 0 Å². The van der Waals surface area contributed by atoms with Crippen LogP contribution in [0.4, 0.5) is 0 Å². The molecule has 1 aromatic carbocycles. The fraction of sp³-hybridized carbons (Fsp3) is 0.267. The lowest BCUT2D eigenvalue weighted by Gasteiger charge is -2.34. The van der Waals surface area contributed by atoms with Gasteiger partial charge in [-0.1, -0.05) is 21.9 Å². The second kappa shape index (κ2) is 5.96. The van der Waals surface area contributed by atoms with Gasteiger partial charge in [-0.05, 0) is 43.5 Å². The van der Waals surface area contributed by atoms with Crippen molar-refractivity contribution in [1.82, 2.24) is 15.3 Å². The number of benzene rings is 1. The van der Waals surface area contributed by atoms with Crippen LogP contribution in [0.3, 0.4) is 0 Å². The van der Waals surface area contributed by atoms with Gasteiger partial charge in [0, 0.05) is 16.7 Å². The van der Waals surface area contributed by atoms with Crippen LogP contribution >= 0.6 is 24.0 Å². The number of rotatable bonds is 3. The standard InChI is InChI=1S/C15H13ClN4O2.ClH/c16-10-4-2-9(3-5-10)12-8-11(19-21-12)13-18-14(20-22-13)15(17)6-1-7-15;/h2-5,8H,1,6-7,17H2;1H. The predicted molar refractivity (Wildman–Crippen MR) is 87.2 cm³/mol. The lowest BCUT2D eigenvalue weighted by molar-refractivity contribution is 0.229. The van der Waals surface area contributed by atoms with Crippen molar-refractivity contribution in [1.29, 1.82) is 0 Å². The van der Waals surface area contributed by atoms with Gasteiger partial charge in [-0.15, -0.1) is 12.4 Å². The molecule has 0 aliphatic heterocycles. The summed E-state index contributed by atoms with van der Waals surface area (Å²) in [5.41, 5.74) is 7.10. The van der Waals surface area contributed by atoms with E-state index >= 15 is 0 Å². The number of halogens is 2. The Hall–Kier alpha value is -1.89. The highest BCUT2D eigenvalue weighted by Gasteiger charge is 2.39. The van der Waals surface area contributed by atoms with Crippen LogP contribution in [-0.2, 0) is 5.54 Å². The van der Waals surface area contributed by atoms with Crippen molar-refractivity contribution >= 4 is 24.0 Å². The average molecular weight is 353 g/mol.